The van der Waals surface area contributed by atoms with Gasteiger partial charge in [-0.15, -0.1) is 0 Å². The number of nitro groups is 1. The van der Waals surface area contributed by atoms with Crippen LogP contribution in [0.25, 0.3) is 23.0 Å². The molecule has 1 atom stereocenters. The van der Waals surface area contributed by atoms with Gasteiger partial charge >= 0.3 is 0 Å². The number of benzene rings is 2. The molecule has 0 radical (unpaired) electrons. The Morgan fingerprint density at radius 2 is 1.97 bits per heavy atom. The van der Waals surface area contributed by atoms with E-state index in [0.717, 1.165) is 12.0 Å². The molecule has 0 amide bonds. The second-order valence-electron chi connectivity index (χ2n) is 6.41. The van der Waals surface area contributed by atoms with Crippen LogP contribution in [0.3, 0.4) is 0 Å². The Kier molecular flexibility index (Phi) is 5.07. The molecule has 0 unspecified atom stereocenters. The summed E-state index contributed by atoms with van der Waals surface area (Å²) in [5.41, 5.74) is 1.89. The maximum Gasteiger partial charge on any atom is 0.293 e. The smallest absolute Gasteiger partial charge is 0.293 e. The number of rotatable bonds is 7. The van der Waals surface area contributed by atoms with Crippen molar-refractivity contribution in [2.45, 2.75) is 19.4 Å². The zero-order valence-electron chi connectivity index (χ0n) is 15.6. The van der Waals surface area contributed by atoms with E-state index in [1.165, 1.54) is 12.3 Å². The van der Waals surface area contributed by atoms with Gasteiger partial charge in [-0.3, -0.25) is 10.1 Å². The highest BCUT2D eigenvalue weighted by atomic mass is 16.6. The van der Waals surface area contributed by atoms with Crippen molar-refractivity contribution in [2.75, 3.05) is 5.32 Å². The third kappa shape index (κ3) is 3.86. The molecule has 4 aromatic rings. The van der Waals surface area contributed by atoms with Gasteiger partial charge in [0.2, 0.25) is 5.82 Å². The highest BCUT2D eigenvalue weighted by Crippen LogP contribution is 2.33. The SMILES string of the molecule is CC[C@@H](Nc1ccc(-c2nc(-c3ccco3)no2)cc1[N+](=O)[O-])c1ccccc1. The van der Waals surface area contributed by atoms with Crippen LogP contribution in [0.5, 0.6) is 0 Å². The van der Waals surface area contributed by atoms with E-state index in [4.69, 9.17) is 8.94 Å². The van der Waals surface area contributed by atoms with E-state index < -0.39 is 4.92 Å². The molecule has 1 N–H and O–H groups in total. The van der Waals surface area contributed by atoms with E-state index in [0.29, 0.717) is 17.0 Å². The van der Waals surface area contributed by atoms with Gasteiger partial charge < -0.3 is 14.3 Å². The lowest BCUT2D eigenvalue weighted by Crippen LogP contribution is -2.11. The predicted molar refractivity (Wildman–Crippen MR) is 107 cm³/mol. The maximum atomic E-state index is 11.7. The van der Waals surface area contributed by atoms with Gasteiger partial charge in [0.05, 0.1) is 17.2 Å². The molecule has 2 aromatic heterocycles. The van der Waals surface area contributed by atoms with E-state index in [1.807, 2.05) is 37.3 Å². The van der Waals surface area contributed by atoms with E-state index in [-0.39, 0.29) is 23.4 Å². The van der Waals surface area contributed by atoms with Gasteiger partial charge in [-0.25, -0.2) is 0 Å². The fourth-order valence-corrected chi connectivity index (χ4v) is 3.08. The van der Waals surface area contributed by atoms with E-state index >= 15 is 0 Å². The highest BCUT2D eigenvalue weighted by Gasteiger charge is 2.21. The third-order valence-corrected chi connectivity index (χ3v) is 4.55. The molecule has 2 heterocycles. The topological polar surface area (TPSA) is 107 Å². The summed E-state index contributed by atoms with van der Waals surface area (Å²) in [6, 6.07) is 18.0. The first-order chi connectivity index (χ1) is 14.2. The van der Waals surface area contributed by atoms with Gasteiger partial charge in [-0.05, 0) is 36.2 Å². The van der Waals surface area contributed by atoms with Crippen LogP contribution in [0, 0.1) is 10.1 Å². The molecule has 8 nitrogen and oxygen atoms in total. The number of nitrogens with one attached hydrogen (secondary N) is 1. The Labute approximate surface area is 166 Å². The molecule has 0 aliphatic carbocycles. The largest absolute Gasteiger partial charge is 0.461 e. The molecule has 0 aliphatic rings. The number of hydrogen-bond donors (Lipinski definition) is 1. The quantitative estimate of drug-likeness (QED) is 0.329. The van der Waals surface area contributed by atoms with Crippen LogP contribution in [0.15, 0.2) is 75.9 Å². The number of hydrogen-bond acceptors (Lipinski definition) is 7. The summed E-state index contributed by atoms with van der Waals surface area (Å²) in [6.45, 7) is 2.03. The van der Waals surface area contributed by atoms with Gasteiger partial charge in [0.15, 0.2) is 5.76 Å². The number of aromatic nitrogens is 2. The maximum absolute atomic E-state index is 11.7. The minimum Gasteiger partial charge on any atom is -0.461 e. The fourth-order valence-electron chi connectivity index (χ4n) is 3.08. The number of anilines is 1. The van der Waals surface area contributed by atoms with Crippen molar-refractivity contribution in [3.63, 3.8) is 0 Å². The first kappa shape index (κ1) is 18.4. The Bertz CT molecular complexity index is 1110. The lowest BCUT2D eigenvalue weighted by molar-refractivity contribution is -0.383. The Morgan fingerprint density at radius 3 is 2.66 bits per heavy atom. The van der Waals surface area contributed by atoms with Crippen molar-refractivity contribution >= 4 is 11.4 Å². The summed E-state index contributed by atoms with van der Waals surface area (Å²) in [7, 11) is 0. The lowest BCUT2D eigenvalue weighted by Gasteiger charge is -2.18. The van der Waals surface area contributed by atoms with Crippen molar-refractivity contribution < 1.29 is 13.9 Å². The van der Waals surface area contributed by atoms with Crippen molar-refractivity contribution in [1.29, 1.82) is 0 Å². The van der Waals surface area contributed by atoms with E-state index in [1.54, 1.807) is 24.3 Å². The van der Waals surface area contributed by atoms with Crippen LogP contribution >= 0.6 is 0 Å². The van der Waals surface area contributed by atoms with Crippen molar-refractivity contribution in [3.05, 3.63) is 82.6 Å². The molecule has 0 aliphatic heterocycles. The van der Waals surface area contributed by atoms with E-state index in [2.05, 4.69) is 15.5 Å². The van der Waals surface area contributed by atoms with Crippen molar-refractivity contribution in [2.24, 2.45) is 0 Å². The van der Waals surface area contributed by atoms with Crippen LogP contribution in [-0.4, -0.2) is 15.1 Å². The zero-order chi connectivity index (χ0) is 20.2. The minimum absolute atomic E-state index is 0.0466. The van der Waals surface area contributed by atoms with Gasteiger partial charge in [-0.2, -0.15) is 4.98 Å². The number of nitro benzene ring substituents is 1. The Morgan fingerprint density at radius 1 is 1.14 bits per heavy atom. The molecular formula is C21H18N4O4. The molecule has 0 saturated heterocycles. The monoisotopic (exact) mass is 390 g/mol. The molecule has 0 bridgehead atoms. The molecule has 146 valence electrons. The van der Waals surface area contributed by atoms with Gasteiger partial charge in [0.1, 0.15) is 5.69 Å². The summed E-state index contributed by atoms with van der Waals surface area (Å²) in [5.74, 6) is 0.924. The first-order valence-corrected chi connectivity index (χ1v) is 9.13. The predicted octanol–water partition coefficient (Wildman–Crippen LogP) is 5.47. The van der Waals surface area contributed by atoms with Crippen molar-refractivity contribution in [3.8, 4) is 23.0 Å². The zero-order valence-corrected chi connectivity index (χ0v) is 15.6. The molecule has 0 spiro atoms. The Balaban J connectivity index is 1.64. The minimum atomic E-state index is -0.423. The summed E-state index contributed by atoms with van der Waals surface area (Å²) >= 11 is 0. The van der Waals surface area contributed by atoms with Crippen LogP contribution < -0.4 is 5.32 Å². The first-order valence-electron chi connectivity index (χ1n) is 9.13. The summed E-state index contributed by atoms with van der Waals surface area (Å²) in [6.07, 6.45) is 2.28. The number of nitrogens with zero attached hydrogens (tertiary/aromatic N) is 3. The average molecular weight is 390 g/mol. The molecule has 2 aromatic carbocycles. The fraction of sp³-hybridized carbons (Fsp3) is 0.143. The Hall–Kier alpha value is -3.94. The summed E-state index contributed by atoms with van der Waals surface area (Å²) in [4.78, 5) is 15.5. The second-order valence-corrected chi connectivity index (χ2v) is 6.41. The van der Waals surface area contributed by atoms with Gasteiger partial charge in [0, 0.05) is 11.6 Å². The number of furan rings is 1. The molecular weight excluding hydrogens is 372 g/mol. The van der Waals surface area contributed by atoms with Crippen LogP contribution in [0.2, 0.25) is 0 Å². The lowest BCUT2D eigenvalue weighted by atomic mass is 10.0. The molecule has 4 rings (SSSR count). The molecule has 29 heavy (non-hydrogen) atoms. The van der Waals surface area contributed by atoms with Crippen molar-refractivity contribution in [1.82, 2.24) is 10.1 Å². The summed E-state index contributed by atoms with van der Waals surface area (Å²) < 4.78 is 10.5. The average Bonchev–Trinajstić information content (AvgIpc) is 3.44. The van der Waals surface area contributed by atoms with Crippen LogP contribution in [-0.2, 0) is 0 Å². The molecule has 0 saturated carbocycles. The normalized spacial score (nSPS) is 11.9. The third-order valence-electron chi connectivity index (χ3n) is 4.55. The summed E-state index contributed by atoms with van der Waals surface area (Å²) in [5, 5.41) is 18.8. The van der Waals surface area contributed by atoms with Crippen LogP contribution in [0.1, 0.15) is 24.9 Å². The van der Waals surface area contributed by atoms with Crippen LogP contribution in [0.4, 0.5) is 11.4 Å². The molecule has 0 fully saturated rings. The molecule has 8 heteroatoms. The standard InChI is InChI=1S/C21H18N4O4/c1-2-16(14-7-4-3-5-8-14)22-17-11-10-15(13-18(17)25(26)27)21-23-20(24-29-21)19-9-6-12-28-19/h3-13,16,22H,2H2,1H3/t16-/m1/s1. The van der Waals surface area contributed by atoms with E-state index in [9.17, 15) is 10.1 Å². The second kappa shape index (κ2) is 7.97. The van der Waals surface area contributed by atoms with Gasteiger partial charge in [-0.1, -0.05) is 42.4 Å². The van der Waals surface area contributed by atoms with Gasteiger partial charge in [0.25, 0.3) is 11.6 Å². The highest BCUT2D eigenvalue weighted by molar-refractivity contribution is 5.70.